The summed E-state index contributed by atoms with van der Waals surface area (Å²) in [5.41, 5.74) is 3.22. The fourth-order valence-electron chi connectivity index (χ4n) is 6.68. The van der Waals surface area contributed by atoms with Crippen LogP contribution in [0.2, 0.25) is 0 Å². The molecule has 0 spiro atoms. The fraction of sp³-hybridized carbons (Fsp3) is 0.314. The molecule has 0 saturated heterocycles. The van der Waals surface area contributed by atoms with E-state index in [0.717, 1.165) is 5.56 Å². The summed E-state index contributed by atoms with van der Waals surface area (Å²) in [5, 5.41) is 23.7. The molecule has 4 aromatic carbocycles. The predicted molar refractivity (Wildman–Crippen MR) is 162 cm³/mol. The summed E-state index contributed by atoms with van der Waals surface area (Å²) in [6.45, 7) is 0. The van der Waals surface area contributed by atoms with Gasteiger partial charge in [0.15, 0.2) is 0 Å². The van der Waals surface area contributed by atoms with Crippen molar-refractivity contribution >= 4 is 0 Å². The van der Waals surface area contributed by atoms with Crippen molar-refractivity contribution in [3.63, 3.8) is 0 Å². The second kappa shape index (κ2) is 11.0. The molecule has 45 heavy (non-hydrogen) atoms. The summed E-state index contributed by atoms with van der Waals surface area (Å²) < 4.78 is 48.0. The lowest BCUT2D eigenvalue weighted by Crippen LogP contribution is -2.57. The number of hydrogen-bond acceptors (Lipinski definition) is 10. The smallest absolute Gasteiger partial charge is 0.305 e. The van der Waals surface area contributed by atoms with Crippen LogP contribution >= 0.6 is 0 Å². The molecule has 0 radical (unpaired) electrons. The average molecular weight is 615 g/mol. The number of methoxy groups -OCH3 is 5. The number of aliphatic hydroxyl groups excluding tert-OH is 2. The van der Waals surface area contributed by atoms with Crippen LogP contribution in [0.5, 0.6) is 46.0 Å². The van der Waals surface area contributed by atoms with Crippen molar-refractivity contribution in [1.29, 1.82) is 0 Å². The molecule has 0 aliphatic carbocycles. The molecular weight excluding hydrogens is 580 g/mol. The minimum absolute atomic E-state index is 0.248. The van der Waals surface area contributed by atoms with Crippen LogP contribution in [0.25, 0.3) is 0 Å². The summed E-state index contributed by atoms with van der Waals surface area (Å²) in [4.78, 5) is 0. The molecular formula is C35H34O10. The number of benzene rings is 4. The number of fused-ring (bicyclic) bond motifs is 8. The number of rotatable bonds is 7. The van der Waals surface area contributed by atoms with E-state index in [1.165, 1.54) is 0 Å². The molecule has 0 fully saturated rings. The van der Waals surface area contributed by atoms with Gasteiger partial charge in [0.1, 0.15) is 58.2 Å². The first kappa shape index (κ1) is 28.9. The average Bonchev–Trinajstić information content (AvgIpc) is 3.07. The molecule has 234 valence electrons. The largest absolute Gasteiger partial charge is 0.497 e. The molecule has 2 N–H and O–H groups in total. The van der Waals surface area contributed by atoms with Crippen LogP contribution in [0.1, 0.15) is 39.8 Å². The van der Waals surface area contributed by atoms with Crippen molar-refractivity contribution < 1.29 is 48.1 Å². The van der Waals surface area contributed by atoms with Gasteiger partial charge in [0.05, 0.1) is 47.6 Å². The molecule has 3 aliphatic heterocycles. The van der Waals surface area contributed by atoms with Crippen LogP contribution in [0.3, 0.4) is 0 Å². The van der Waals surface area contributed by atoms with E-state index in [-0.39, 0.29) is 6.42 Å². The van der Waals surface area contributed by atoms with Crippen LogP contribution in [-0.2, 0) is 12.2 Å². The van der Waals surface area contributed by atoms with Crippen molar-refractivity contribution in [3.05, 3.63) is 94.5 Å². The maximum absolute atomic E-state index is 12.4. The van der Waals surface area contributed by atoms with Gasteiger partial charge in [-0.05, 0) is 42.0 Å². The highest BCUT2D eigenvalue weighted by Gasteiger charge is 2.60. The van der Waals surface area contributed by atoms with Crippen molar-refractivity contribution in [2.24, 2.45) is 0 Å². The quantitative estimate of drug-likeness (QED) is 0.298. The number of ether oxygens (including phenoxy) is 8. The minimum atomic E-state index is -1.66. The zero-order chi connectivity index (χ0) is 31.5. The van der Waals surface area contributed by atoms with Crippen LogP contribution in [0.4, 0.5) is 0 Å². The highest BCUT2D eigenvalue weighted by atomic mass is 16.7. The minimum Gasteiger partial charge on any atom is -0.497 e. The van der Waals surface area contributed by atoms with E-state index in [0.29, 0.717) is 68.2 Å². The van der Waals surface area contributed by atoms with Gasteiger partial charge in [-0.3, -0.25) is 0 Å². The third-order valence-electron chi connectivity index (χ3n) is 8.89. The Hall–Kier alpha value is -4.80. The molecule has 4 aromatic rings. The SMILES string of the molecule is COc1ccc([C@H]2Oc3c(c(OC)cc4c3[C@@H]3c5c(OC)cc(OC)cc5O[C@](c5ccc(OC)cc5)(O4)[C@H]3O)C[C@H]2O)cc1. The van der Waals surface area contributed by atoms with Gasteiger partial charge < -0.3 is 48.1 Å². The second-order valence-electron chi connectivity index (χ2n) is 11.1. The summed E-state index contributed by atoms with van der Waals surface area (Å²) in [6, 6.07) is 19.8. The first-order valence-electron chi connectivity index (χ1n) is 14.5. The van der Waals surface area contributed by atoms with Gasteiger partial charge in [0.25, 0.3) is 0 Å². The molecule has 10 nitrogen and oxygen atoms in total. The van der Waals surface area contributed by atoms with Crippen LogP contribution in [0.15, 0.2) is 66.7 Å². The van der Waals surface area contributed by atoms with Gasteiger partial charge in [-0.2, -0.15) is 0 Å². The molecule has 3 heterocycles. The molecule has 3 aliphatic rings. The third-order valence-corrected chi connectivity index (χ3v) is 8.89. The third kappa shape index (κ3) is 4.39. The Morgan fingerprint density at radius 2 is 1.27 bits per heavy atom. The molecule has 0 amide bonds. The summed E-state index contributed by atoms with van der Waals surface area (Å²) in [7, 11) is 7.86. The van der Waals surface area contributed by atoms with Crippen molar-refractivity contribution in [2.75, 3.05) is 35.5 Å². The molecule has 0 unspecified atom stereocenters. The van der Waals surface area contributed by atoms with Gasteiger partial charge in [0.2, 0.25) is 0 Å². The van der Waals surface area contributed by atoms with Gasteiger partial charge in [-0.15, -0.1) is 0 Å². The van der Waals surface area contributed by atoms with Gasteiger partial charge in [0, 0.05) is 46.9 Å². The zero-order valence-electron chi connectivity index (χ0n) is 25.5. The molecule has 10 heteroatoms. The van der Waals surface area contributed by atoms with Crippen LogP contribution in [-0.4, -0.2) is 58.0 Å². The lowest BCUT2D eigenvalue weighted by atomic mass is 9.74. The van der Waals surface area contributed by atoms with Crippen molar-refractivity contribution in [2.45, 2.75) is 36.4 Å². The first-order valence-corrected chi connectivity index (χ1v) is 14.5. The predicted octanol–water partition coefficient (Wildman–Crippen LogP) is 4.90. The topological polar surface area (TPSA) is 114 Å². The lowest BCUT2D eigenvalue weighted by Gasteiger charge is -2.50. The summed E-state index contributed by atoms with van der Waals surface area (Å²) in [6.07, 6.45) is -2.58. The first-order chi connectivity index (χ1) is 21.8. The Balaban J connectivity index is 1.47. The lowest BCUT2D eigenvalue weighted by molar-refractivity contribution is -0.219. The monoisotopic (exact) mass is 614 g/mol. The molecule has 7 rings (SSSR count). The maximum Gasteiger partial charge on any atom is 0.305 e. The Labute approximate surface area is 260 Å². The Bertz CT molecular complexity index is 1740. The highest BCUT2D eigenvalue weighted by Crippen LogP contribution is 2.62. The van der Waals surface area contributed by atoms with Crippen molar-refractivity contribution in [3.8, 4) is 46.0 Å². The van der Waals surface area contributed by atoms with Crippen molar-refractivity contribution in [1.82, 2.24) is 0 Å². The zero-order valence-corrected chi connectivity index (χ0v) is 25.5. The van der Waals surface area contributed by atoms with E-state index in [1.807, 2.05) is 24.3 Å². The van der Waals surface area contributed by atoms with E-state index >= 15 is 0 Å². The number of hydrogen-bond donors (Lipinski definition) is 2. The van der Waals surface area contributed by atoms with Crippen LogP contribution in [0, 0.1) is 0 Å². The van der Waals surface area contributed by atoms with E-state index in [4.69, 9.17) is 37.9 Å². The van der Waals surface area contributed by atoms with Gasteiger partial charge >= 0.3 is 5.79 Å². The van der Waals surface area contributed by atoms with E-state index in [1.54, 1.807) is 78.0 Å². The maximum atomic E-state index is 12.4. The van der Waals surface area contributed by atoms with E-state index in [9.17, 15) is 10.2 Å². The summed E-state index contributed by atoms with van der Waals surface area (Å²) >= 11 is 0. The van der Waals surface area contributed by atoms with E-state index < -0.39 is 30.0 Å². The molecule has 0 aromatic heterocycles. The number of aliphatic hydroxyl groups is 2. The van der Waals surface area contributed by atoms with E-state index in [2.05, 4.69) is 0 Å². The Morgan fingerprint density at radius 1 is 0.667 bits per heavy atom. The standard InChI is InChI=1S/C35H34O10/c1-38-20-10-6-18(7-11-20)32-24(36)16-23-25(41-4)17-28-30(33(23)43-32)31-29-26(42-5)14-22(40-3)15-27(29)44-35(45-28,34(31)37)19-8-12-21(39-2)13-9-19/h6-15,17,24,31-32,34,36-37H,16H2,1-5H3/t24-,31+,32-,34+,35-/m1/s1. The normalized spacial score (nSPS) is 24.0. The second-order valence-corrected chi connectivity index (χ2v) is 11.1. The Kier molecular flexibility index (Phi) is 7.06. The molecule has 5 atom stereocenters. The van der Waals surface area contributed by atoms with Gasteiger partial charge in [-0.1, -0.05) is 12.1 Å². The van der Waals surface area contributed by atoms with Crippen LogP contribution < -0.4 is 37.9 Å². The highest BCUT2D eigenvalue weighted by molar-refractivity contribution is 5.68. The molecule has 2 bridgehead atoms. The fourth-order valence-corrected chi connectivity index (χ4v) is 6.68. The van der Waals surface area contributed by atoms with Gasteiger partial charge in [-0.25, -0.2) is 0 Å². The Morgan fingerprint density at radius 3 is 1.87 bits per heavy atom. The summed E-state index contributed by atoms with van der Waals surface area (Å²) in [5.74, 6) is 1.72. The molecule has 0 saturated carbocycles.